The molecule has 1 aliphatic heterocycles. The maximum absolute atomic E-state index is 6.03. The standard InChI is InChI=1S/C13H9ClN2/c14-13(15-16-13)12-8-6-11(7-9-12)10-4-2-1-3-5-10/h1-9H. The normalized spacial score (nSPS) is 16.1. The van der Waals surface area contributed by atoms with Crippen molar-refractivity contribution >= 4 is 11.6 Å². The lowest BCUT2D eigenvalue weighted by molar-refractivity contribution is 0.941. The molecule has 0 fully saturated rings. The molecule has 1 aliphatic rings. The second-order valence-electron chi connectivity index (χ2n) is 3.73. The summed E-state index contributed by atoms with van der Waals surface area (Å²) in [5, 5.41) is 6.80. The zero-order valence-electron chi connectivity index (χ0n) is 8.47. The number of benzene rings is 2. The first kappa shape index (κ1) is 9.55. The molecule has 0 N–H and O–H groups in total. The third-order valence-electron chi connectivity index (χ3n) is 2.63. The first-order chi connectivity index (χ1) is 7.78. The summed E-state index contributed by atoms with van der Waals surface area (Å²) in [4.78, 5) is 0. The van der Waals surface area contributed by atoms with Gasteiger partial charge in [-0.2, -0.15) is 0 Å². The zero-order chi connectivity index (χ0) is 11.0. The molecule has 2 aromatic rings. The molecule has 16 heavy (non-hydrogen) atoms. The first-order valence-electron chi connectivity index (χ1n) is 5.07. The minimum absolute atomic E-state index is 0.796. The molecule has 0 saturated heterocycles. The van der Waals surface area contributed by atoms with Crippen molar-refractivity contribution in [3.63, 3.8) is 0 Å². The van der Waals surface area contributed by atoms with Crippen LogP contribution in [0.3, 0.4) is 0 Å². The van der Waals surface area contributed by atoms with E-state index in [-0.39, 0.29) is 0 Å². The molecule has 0 bridgehead atoms. The predicted octanol–water partition coefficient (Wildman–Crippen LogP) is 4.17. The molecule has 0 unspecified atom stereocenters. The molecule has 3 rings (SSSR count). The second kappa shape index (κ2) is 3.42. The molecule has 3 heteroatoms. The topological polar surface area (TPSA) is 24.7 Å². The molecule has 0 saturated carbocycles. The third kappa shape index (κ3) is 1.61. The van der Waals surface area contributed by atoms with Crippen LogP contribution >= 0.6 is 11.6 Å². The van der Waals surface area contributed by atoms with Gasteiger partial charge in [0.2, 0.25) is 0 Å². The number of rotatable bonds is 2. The predicted molar refractivity (Wildman–Crippen MR) is 64.3 cm³/mol. The summed E-state index contributed by atoms with van der Waals surface area (Å²) in [5.41, 5.74) is 3.29. The highest BCUT2D eigenvalue weighted by molar-refractivity contribution is 6.24. The molecule has 0 radical (unpaired) electrons. The van der Waals surface area contributed by atoms with Gasteiger partial charge in [0, 0.05) is 5.56 Å². The van der Waals surface area contributed by atoms with Crippen LogP contribution in [0, 0.1) is 0 Å². The van der Waals surface area contributed by atoms with Gasteiger partial charge in [-0.1, -0.05) is 66.2 Å². The Morgan fingerprint density at radius 1 is 0.750 bits per heavy atom. The fourth-order valence-electron chi connectivity index (χ4n) is 1.66. The Morgan fingerprint density at radius 2 is 1.31 bits per heavy atom. The van der Waals surface area contributed by atoms with E-state index in [1.807, 2.05) is 42.5 Å². The quantitative estimate of drug-likeness (QED) is 0.545. The molecule has 2 nitrogen and oxygen atoms in total. The van der Waals surface area contributed by atoms with E-state index in [9.17, 15) is 0 Å². The van der Waals surface area contributed by atoms with E-state index < -0.39 is 5.12 Å². The summed E-state index contributed by atoms with van der Waals surface area (Å²) in [6.45, 7) is 0. The van der Waals surface area contributed by atoms with E-state index in [0.717, 1.165) is 5.56 Å². The SMILES string of the molecule is ClC1(c2ccc(-c3ccccc3)cc2)N=N1. The number of alkyl halides is 1. The summed E-state index contributed by atoms with van der Waals surface area (Å²) in [7, 11) is 0. The Bertz CT molecular complexity index is 526. The lowest BCUT2D eigenvalue weighted by Crippen LogP contribution is -1.96. The number of hydrogen-bond donors (Lipinski definition) is 0. The molecule has 1 heterocycles. The lowest BCUT2D eigenvalue weighted by Gasteiger charge is -2.04. The Balaban J connectivity index is 1.94. The monoisotopic (exact) mass is 228 g/mol. The molecule has 0 amide bonds. The molecule has 0 aromatic heterocycles. The van der Waals surface area contributed by atoms with Crippen LogP contribution in [0.15, 0.2) is 64.8 Å². The molecule has 0 spiro atoms. The summed E-state index contributed by atoms with van der Waals surface area (Å²) >= 11 is 6.03. The molecule has 0 atom stereocenters. The van der Waals surface area contributed by atoms with Crippen molar-refractivity contribution in [1.29, 1.82) is 0 Å². The zero-order valence-corrected chi connectivity index (χ0v) is 9.22. The van der Waals surface area contributed by atoms with Crippen LogP contribution in [0.4, 0.5) is 0 Å². The largest absolute Gasteiger partial charge is 0.289 e. The highest BCUT2D eigenvalue weighted by Crippen LogP contribution is 2.43. The Hall–Kier alpha value is -1.67. The van der Waals surface area contributed by atoms with Crippen molar-refractivity contribution in [3.8, 4) is 11.1 Å². The second-order valence-corrected chi connectivity index (χ2v) is 4.26. The van der Waals surface area contributed by atoms with E-state index in [1.165, 1.54) is 11.1 Å². The Labute approximate surface area is 98.6 Å². The van der Waals surface area contributed by atoms with Crippen molar-refractivity contribution in [2.75, 3.05) is 0 Å². The fraction of sp³-hybridized carbons (Fsp3) is 0.0769. The lowest BCUT2D eigenvalue weighted by atomic mass is 10.0. The van der Waals surface area contributed by atoms with E-state index in [4.69, 9.17) is 11.6 Å². The average Bonchev–Trinajstić information content (AvgIpc) is 3.10. The van der Waals surface area contributed by atoms with E-state index in [2.05, 4.69) is 22.4 Å². The third-order valence-corrected chi connectivity index (χ3v) is 3.00. The van der Waals surface area contributed by atoms with Crippen LogP contribution in [0.5, 0.6) is 0 Å². The Kier molecular flexibility index (Phi) is 2.04. The molecule has 2 aromatic carbocycles. The van der Waals surface area contributed by atoms with Crippen LogP contribution in [-0.4, -0.2) is 0 Å². The summed E-state index contributed by atoms with van der Waals surface area (Å²) in [6.07, 6.45) is 0. The number of halogens is 1. The minimum Gasteiger partial charge on any atom is -0.135 e. The van der Waals surface area contributed by atoms with E-state index in [1.54, 1.807) is 0 Å². The molecular weight excluding hydrogens is 220 g/mol. The smallest absolute Gasteiger partial charge is 0.135 e. The number of nitrogens with zero attached hydrogens (tertiary/aromatic N) is 2. The van der Waals surface area contributed by atoms with Crippen molar-refractivity contribution in [2.45, 2.75) is 5.12 Å². The van der Waals surface area contributed by atoms with E-state index >= 15 is 0 Å². The van der Waals surface area contributed by atoms with E-state index in [0.29, 0.717) is 0 Å². The molecule has 78 valence electrons. The Morgan fingerprint density at radius 3 is 1.88 bits per heavy atom. The van der Waals surface area contributed by atoms with Gasteiger partial charge < -0.3 is 0 Å². The summed E-state index contributed by atoms with van der Waals surface area (Å²) < 4.78 is 0. The van der Waals surface area contributed by atoms with Crippen molar-refractivity contribution < 1.29 is 0 Å². The van der Waals surface area contributed by atoms with Crippen LogP contribution in [-0.2, 0) is 5.12 Å². The van der Waals surface area contributed by atoms with Crippen LogP contribution in [0.2, 0.25) is 0 Å². The summed E-state index contributed by atoms with van der Waals surface area (Å²) in [5.74, 6) is 0. The van der Waals surface area contributed by atoms with Gasteiger partial charge in [0.15, 0.2) is 0 Å². The van der Waals surface area contributed by atoms with Gasteiger partial charge in [-0.05, 0) is 11.1 Å². The van der Waals surface area contributed by atoms with Crippen molar-refractivity contribution in [1.82, 2.24) is 0 Å². The van der Waals surface area contributed by atoms with Gasteiger partial charge >= 0.3 is 0 Å². The van der Waals surface area contributed by atoms with Gasteiger partial charge in [-0.3, -0.25) is 0 Å². The van der Waals surface area contributed by atoms with Gasteiger partial charge in [-0.25, -0.2) is 0 Å². The minimum atomic E-state index is -0.796. The van der Waals surface area contributed by atoms with Crippen molar-refractivity contribution in [3.05, 3.63) is 60.2 Å². The van der Waals surface area contributed by atoms with Crippen molar-refractivity contribution in [2.24, 2.45) is 10.2 Å². The molecular formula is C13H9ClN2. The number of hydrogen-bond acceptors (Lipinski definition) is 2. The highest BCUT2D eigenvalue weighted by atomic mass is 35.5. The summed E-state index contributed by atoms with van der Waals surface area (Å²) in [6, 6.07) is 18.2. The maximum Gasteiger partial charge on any atom is 0.289 e. The highest BCUT2D eigenvalue weighted by Gasteiger charge is 2.39. The van der Waals surface area contributed by atoms with Gasteiger partial charge in [0.05, 0.1) is 0 Å². The first-order valence-corrected chi connectivity index (χ1v) is 5.45. The van der Waals surface area contributed by atoms with Gasteiger partial charge in [-0.15, -0.1) is 10.2 Å². The molecule has 0 aliphatic carbocycles. The van der Waals surface area contributed by atoms with Gasteiger partial charge in [0.25, 0.3) is 5.12 Å². The van der Waals surface area contributed by atoms with Gasteiger partial charge in [0.1, 0.15) is 0 Å². The van der Waals surface area contributed by atoms with Crippen LogP contribution in [0.25, 0.3) is 11.1 Å². The van der Waals surface area contributed by atoms with Crippen LogP contribution < -0.4 is 0 Å². The average molecular weight is 229 g/mol. The van der Waals surface area contributed by atoms with Crippen LogP contribution in [0.1, 0.15) is 5.56 Å². The maximum atomic E-state index is 6.03. The fourth-order valence-corrected chi connectivity index (χ4v) is 1.83.